The van der Waals surface area contributed by atoms with E-state index in [4.69, 9.17) is 0 Å². The van der Waals surface area contributed by atoms with Crippen LogP contribution in [-0.4, -0.2) is 29.4 Å². The van der Waals surface area contributed by atoms with E-state index >= 15 is 0 Å². The predicted molar refractivity (Wildman–Crippen MR) is 116 cm³/mol. The number of benzene rings is 2. The van der Waals surface area contributed by atoms with E-state index in [0.29, 0.717) is 12.1 Å². The molecule has 0 fully saturated rings. The molecule has 0 spiro atoms. The minimum Gasteiger partial charge on any atom is -0.595 e. The molecule has 31 heavy (non-hydrogen) atoms. The molecule has 3 aromatic rings. The smallest absolute Gasteiger partial charge is 0.241 e. The number of hydrogen-bond donors (Lipinski definition) is 3. The van der Waals surface area contributed by atoms with Gasteiger partial charge in [-0.3, -0.25) is 0 Å². The molecular weight excluding hydrogens is 416 g/mol. The van der Waals surface area contributed by atoms with Crippen molar-refractivity contribution in [3.8, 4) is 5.69 Å². The lowest BCUT2D eigenvalue weighted by Crippen LogP contribution is -2.99. The van der Waals surface area contributed by atoms with Gasteiger partial charge in [0.25, 0.3) is 0 Å². The SMILES string of the molecule is Cc1nn(-c2ccccc2[NH+]([O-])O)c(C)c1[C@H]1C=C[C@@H](NS(=O)(=O)c2ccccc2)C1. The molecule has 1 aliphatic rings. The second-order valence-corrected chi connectivity index (χ2v) is 9.30. The Morgan fingerprint density at radius 1 is 1.10 bits per heavy atom. The number of hydrogen-bond acceptors (Lipinski definition) is 5. The van der Waals surface area contributed by atoms with Gasteiger partial charge in [0.05, 0.1) is 10.6 Å². The molecule has 2 aromatic carbocycles. The van der Waals surface area contributed by atoms with Gasteiger partial charge in [0.2, 0.25) is 10.0 Å². The molecule has 0 saturated heterocycles. The average molecular weight is 441 g/mol. The zero-order chi connectivity index (χ0) is 22.2. The predicted octanol–water partition coefficient (Wildman–Crippen LogP) is 2.28. The Morgan fingerprint density at radius 2 is 1.77 bits per heavy atom. The van der Waals surface area contributed by atoms with Crippen LogP contribution >= 0.6 is 0 Å². The first-order valence-corrected chi connectivity index (χ1v) is 11.4. The first kappa shape index (κ1) is 21.4. The van der Waals surface area contributed by atoms with Crippen molar-refractivity contribution < 1.29 is 18.9 Å². The highest BCUT2D eigenvalue weighted by atomic mass is 32.2. The van der Waals surface area contributed by atoms with Crippen LogP contribution in [0.5, 0.6) is 0 Å². The highest BCUT2D eigenvalue weighted by Crippen LogP contribution is 2.35. The second-order valence-electron chi connectivity index (χ2n) is 7.59. The van der Waals surface area contributed by atoms with Gasteiger partial charge in [-0.15, -0.1) is 0 Å². The lowest BCUT2D eigenvalue weighted by atomic mass is 9.96. The second kappa shape index (κ2) is 8.37. The van der Waals surface area contributed by atoms with Gasteiger partial charge >= 0.3 is 0 Å². The molecule has 0 saturated carbocycles. The molecule has 3 N–H and O–H groups in total. The van der Waals surface area contributed by atoms with E-state index < -0.39 is 15.2 Å². The number of quaternary nitrogens is 1. The van der Waals surface area contributed by atoms with Gasteiger partial charge in [-0.2, -0.15) is 10.3 Å². The molecule has 3 atom stereocenters. The summed E-state index contributed by atoms with van der Waals surface area (Å²) in [6.07, 6.45) is 4.43. The molecule has 162 valence electrons. The number of rotatable bonds is 6. The fourth-order valence-electron chi connectivity index (χ4n) is 4.13. The third-order valence-electron chi connectivity index (χ3n) is 5.52. The number of nitrogens with zero attached hydrogens (tertiary/aromatic N) is 2. The summed E-state index contributed by atoms with van der Waals surface area (Å²) in [6, 6.07) is 14.7. The third kappa shape index (κ3) is 4.18. The van der Waals surface area contributed by atoms with Crippen molar-refractivity contribution in [3.05, 3.63) is 88.9 Å². The minimum atomic E-state index is -3.61. The molecule has 1 heterocycles. The molecule has 4 rings (SSSR count). The summed E-state index contributed by atoms with van der Waals surface area (Å²) < 4.78 is 29.7. The van der Waals surface area contributed by atoms with Gasteiger partial charge in [-0.05, 0) is 38.5 Å². The summed E-state index contributed by atoms with van der Waals surface area (Å²) in [5.41, 5.74) is 3.30. The van der Waals surface area contributed by atoms with E-state index in [2.05, 4.69) is 9.82 Å². The Kier molecular flexibility index (Phi) is 5.78. The number of nitrogens with one attached hydrogen (secondary N) is 2. The van der Waals surface area contributed by atoms with Gasteiger partial charge in [-0.25, -0.2) is 23.0 Å². The lowest BCUT2D eigenvalue weighted by Gasteiger charge is -2.17. The minimum absolute atomic E-state index is 0.0192. The molecule has 0 radical (unpaired) electrons. The van der Waals surface area contributed by atoms with Crippen molar-refractivity contribution in [1.82, 2.24) is 14.5 Å². The van der Waals surface area contributed by atoms with E-state index in [9.17, 15) is 18.8 Å². The summed E-state index contributed by atoms with van der Waals surface area (Å²) in [5, 5.41) is 24.7. The molecule has 9 heteroatoms. The molecular formula is C22H24N4O4S. The van der Waals surface area contributed by atoms with Crippen molar-refractivity contribution in [2.45, 2.75) is 37.1 Å². The molecule has 8 nitrogen and oxygen atoms in total. The summed E-state index contributed by atoms with van der Waals surface area (Å²) in [7, 11) is -3.61. The van der Waals surface area contributed by atoms with Crippen molar-refractivity contribution in [1.29, 1.82) is 0 Å². The Labute approximate surface area is 181 Å². The topological polar surface area (TPSA) is 112 Å². The van der Waals surface area contributed by atoms with Crippen LogP contribution in [0.4, 0.5) is 5.69 Å². The Morgan fingerprint density at radius 3 is 2.48 bits per heavy atom. The van der Waals surface area contributed by atoms with Gasteiger partial charge < -0.3 is 5.21 Å². The van der Waals surface area contributed by atoms with E-state index in [1.54, 1.807) is 59.3 Å². The van der Waals surface area contributed by atoms with Gasteiger partial charge in [0.1, 0.15) is 5.69 Å². The average Bonchev–Trinajstić information content (AvgIpc) is 3.31. The number of allylic oxidation sites excluding steroid dienone is 1. The number of para-hydroxylation sites is 2. The first-order chi connectivity index (χ1) is 14.8. The molecule has 1 unspecified atom stereocenters. The number of aryl methyl sites for hydroxylation is 1. The lowest BCUT2D eigenvalue weighted by molar-refractivity contribution is -0.991. The Balaban J connectivity index is 1.58. The van der Waals surface area contributed by atoms with Crippen LogP contribution in [0.25, 0.3) is 5.69 Å². The first-order valence-electron chi connectivity index (χ1n) is 9.92. The van der Waals surface area contributed by atoms with E-state index in [1.165, 1.54) is 0 Å². The third-order valence-corrected chi connectivity index (χ3v) is 7.03. The zero-order valence-corrected chi connectivity index (χ0v) is 18.0. The van der Waals surface area contributed by atoms with Crippen molar-refractivity contribution >= 4 is 15.7 Å². The van der Waals surface area contributed by atoms with Gasteiger partial charge in [0.15, 0.2) is 5.69 Å². The van der Waals surface area contributed by atoms with Crippen molar-refractivity contribution in [3.63, 3.8) is 0 Å². The molecule has 0 aliphatic heterocycles. The Hall–Kier alpha value is -2.82. The Bertz CT molecular complexity index is 1220. The normalized spacial score (nSPS) is 19.6. The highest BCUT2D eigenvalue weighted by Gasteiger charge is 2.29. The van der Waals surface area contributed by atoms with Crippen molar-refractivity contribution in [2.75, 3.05) is 0 Å². The van der Waals surface area contributed by atoms with Gasteiger partial charge in [0, 0.05) is 29.3 Å². The van der Waals surface area contributed by atoms with Crippen molar-refractivity contribution in [2.24, 2.45) is 0 Å². The van der Waals surface area contributed by atoms with Crippen LogP contribution in [0.15, 0.2) is 71.6 Å². The molecule has 1 aliphatic carbocycles. The fraction of sp³-hybridized carbons (Fsp3) is 0.227. The number of aromatic nitrogens is 2. The van der Waals surface area contributed by atoms with Crippen LogP contribution in [0, 0.1) is 19.1 Å². The van der Waals surface area contributed by atoms with Crippen LogP contribution in [0.2, 0.25) is 0 Å². The standard InChI is InChI=1S/C22H24N4O4S/c1-15-22(16(2)25(23-15)20-10-6-7-11-21(20)26(27)28)17-12-13-18(14-17)24-31(29,30)19-8-4-3-5-9-19/h3-13,17-18,24,26-27H,14H2,1-2H3/t17-,18+/m0/s1. The molecule has 1 aromatic heterocycles. The largest absolute Gasteiger partial charge is 0.595 e. The molecule has 0 bridgehead atoms. The van der Waals surface area contributed by atoms with E-state index in [0.717, 1.165) is 17.0 Å². The van der Waals surface area contributed by atoms with E-state index in [-0.39, 0.29) is 22.5 Å². The monoisotopic (exact) mass is 440 g/mol. The summed E-state index contributed by atoms with van der Waals surface area (Å²) >= 11 is 0. The zero-order valence-electron chi connectivity index (χ0n) is 17.2. The maximum absolute atomic E-state index is 12.6. The van der Waals surface area contributed by atoms with Crippen LogP contribution in [0.3, 0.4) is 0 Å². The van der Waals surface area contributed by atoms with Crippen LogP contribution in [-0.2, 0) is 10.0 Å². The summed E-state index contributed by atoms with van der Waals surface area (Å²) in [4.78, 5) is 0.234. The number of sulfonamides is 1. The quantitative estimate of drug-likeness (QED) is 0.402. The molecule has 0 amide bonds. The highest BCUT2D eigenvalue weighted by molar-refractivity contribution is 7.89. The maximum atomic E-state index is 12.6. The fourth-order valence-corrected chi connectivity index (χ4v) is 5.36. The van der Waals surface area contributed by atoms with Crippen LogP contribution in [0.1, 0.15) is 29.3 Å². The summed E-state index contributed by atoms with van der Waals surface area (Å²) in [6.45, 7) is 3.79. The maximum Gasteiger partial charge on any atom is 0.241 e. The van der Waals surface area contributed by atoms with Gasteiger partial charge in [-0.1, -0.05) is 42.5 Å². The van der Waals surface area contributed by atoms with E-state index in [1.807, 2.05) is 26.0 Å². The van der Waals surface area contributed by atoms with Crippen LogP contribution < -0.4 is 9.95 Å². The summed E-state index contributed by atoms with van der Waals surface area (Å²) in [5.74, 6) is -0.0192.